The fraction of sp³-hybridized carbons (Fsp3) is 0.320. The van der Waals surface area contributed by atoms with Crippen molar-refractivity contribution in [1.82, 2.24) is 18.7 Å². The van der Waals surface area contributed by atoms with E-state index in [1.807, 2.05) is 36.6 Å². The van der Waals surface area contributed by atoms with Crippen molar-refractivity contribution < 1.29 is 0 Å². The molecule has 164 valence electrons. The third-order valence-corrected chi connectivity index (χ3v) is 6.40. The standard InChI is InChI=1S/C25H27N5O2/c1-16-7-10-20(11-8-16)28-12-5-13-29-21-22(26-24(28)29)27(4)25(32)30(23(21)31)15-19-14-17(2)6-9-18(19)3/h6-11,14H,5,12-13,15H2,1-4H3. The van der Waals surface area contributed by atoms with Gasteiger partial charge in [-0.15, -0.1) is 0 Å². The maximum absolute atomic E-state index is 13.6. The van der Waals surface area contributed by atoms with E-state index >= 15 is 0 Å². The SMILES string of the molecule is Cc1ccc(N2CCCn3c2nc2c3c(=O)n(Cc3cc(C)ccc3C)c(=O)n2C)cc1. The van der Waals surface area contributed by atoms with Crippen LogP contribution in [0.2, 0.25) is 0 Å². The second kappa shape index (κ2) is 7.51. The summed E-state index contributed by atoms with van der Waals surface area (Å²) < 4.78 is 4.81. The highest BCUT2D eigenvalue weighted by molar-refractivity contribution is 5.77. The van der Waals surface area contributed by atoms with Crippen molar-refractivity contribution in [2.75, 3.05) is 11.4 Å². The van der Waals surface area contributed by atoms with Gasteiger partial charge in [0.1, 0.15) is 0 Å². The van der Waals surface area contributed by atoms with Crippen molar-refractivity contribution >= 4 is 22.8 Å². The molecule has 2 aromatic heterocycles. The predicted molar refractivity (Wildman–Crippen MR) is 127 cm³/mol. The van der Waals surface area contributed by atoms with Crippen LogP contribution in [0.1, 0.15) is 28.7 Å². The number of hydrogen-bond donors (Lipinski definition) is 0. The minimum absolute atomic E-state index is 0.247. The average molecular weight is 430 g/mol. The Hall–Kier alpha value is -3.61. The fourth-order valence-electron chi connectivity index (χ4n) is 4.51. The van der Waals surface area contributed by atoms with Gasteiger partial charge < -0.3 is 9.47 Å². The Morgan fingerprint density at radius 3 is 2.41 bits per heavy atom. The lowest BCUT2D eigenvalue weighted by Crippen LogP contribution is -2.40. The lowest BCUT2D eigenvalue weighted by atomic mass is 10.1. The van der Waals surface area contributed by atoms with Crippen molar-refractivity contribution in [3.8, 4) is 0 Å². The third kappa shape index (κ3) is 3.16. The fourth-order valence-corrected chi connectivity index (χ4v) is 4.51. The Labute approximate surface area is 186 Å². The number of aromatic nitrogens is 4. The Balaban J connectivity index is 1.70. The summed E-state index contributed by atoms with van der Waals surface area (Å²) >= 11 is 0. The van der Waals surface area contributed by atoms with Gasteiger partial charge in [0.05, 0.1) is 6.54 Å². The molecule has 3 heterocycles. The van der Waals surface area contributed by atoms with Crippen LogP contribution in [0.25, 0.3) is 11.2 Å². The van der Waals surface area contributed by atoms with Gasteiger partial charge in [0, 0.05) is 25.8 Å². The molecule has 0 spiro atoms. The highest BCUT2D eigenvalue weighted by atomic mass is 16.2. The molecule has 0 bridgehead atoms. The molecule has 0 N–H and O–H groups in total. The summed E-state index contributed by atoms with van der Waals surface area (Å²) in [4.78, 5) is 33.7. The smallest absolute Gasteiger partial charge is 0.312 e. The van der Waals surface area contributed by atoms with Crippen molar-refractivity contribution in [1.29, 1.82) is 0 Å². The highest BCUT2D eigenvalue weighted by Crippen LogP contribution is 2.31. The number of imidazole rings is 1. The molecule has 1 aliphatic heterocycles. The first kappa shape index (κ1) is 20.3. The minimum atomic E-state index is -0.347. The molecule has 7 nitrogen and oxygen atoms in total. The first-order valence-electron chi connectivity index (χ1n) is 11.0. The van der Waals surface area contributed by atoms with E-state index in [1.54, 1.807) is 7.05 Å². The first-order valence-corrected chi connectivity index (χ1v) is 11.0. The molecule has 0 saturated heterocycles. The van der Waals surface area contributed by atoms with Crippen molar-refractivity contribution in [2.45, 2.75) is 40.3 Å². The van der Waals surface area contributed by atoms with Crippen LogP contribution in [-0.4, -0.2) is 25.2 Å². The molecule has 0 saturated carbocycles. The zero-order valence-electron chi connectivity index (χ0n) is 18.9. The molecule has 0 radical (unpaired) electrons. The number of nitrogens with zero attached hydrogens (tertiary/aromatic N) is 5. The first-order chi connectivity index (χ1) is 15.3. The molecular formula is C25H27N5O2. The van der Waals surface area contributed by atoms with Crippen molar-refractivity contribution in [3.05, 3.63) is 85.6 Å². The second-order valence-corrected chi connectivity index (χ2v) is 8.74. The third-order valence-electron chi connectivity index (χ3n) is 6.40. The minimum Gasteiger partial charge on any atom is -0.312 e. The second-order valence-electron chi connectivity index (χ2n) is 8.74. The van der Waals surface area contributed by atoms with E-state index in [0.717, 1.165) is 35.3 Å². The predicted octanol–water partition coefficient (Wildman–Crippen LogP) is 3.41. The van der Waals surface area contributed by atoms with Gasteiger partial charge in [-0.3, -0.25) is 13.9 Å². The quantitative estimate of drug-likeness (QED) is 0.501. The van der Waals surface area contributed by atoms with E-state index in [2.05, 4.69) is 36.1 Å². The molecule has 32 heavy (non-hydrogen) atoms. The Morgan fingerprint density at radius 2 is 1.66 bits per heavy atom. The molecule has 0 amide bonds. The highest BCUT2D eigenvalue weighted by Gasteiger charge is 2.27. The maximum Gasteiger partial charge on any atom is 0.332 e. The average Bonchev–Trinajstić information content (AvgIpc) is 3.18. The molecule has 4 aromatic rings. The van der Waals surface area contributed by atoms with Crippen LogP contribution in [0, 0.1) is 20.8 Å². The van der Waals surface area contributed by atoms with Crippen LogP contribution >= 0.6 is 0 Å². The van der Waals surface area contributed by atoms with Crippen LogP contribution < -0.4 is 16.1 Å². The molecule has 2 aromatic carbocycles. The summed E-state index contributed by atoms with van der Waals surface area (Å²) in [5.74, 6) is 0.715. The topological polar surface area (TPSA) is 65.1 Å². The molecule has 5 rings (SSSR count). The Morgan fingerprint density at radius 1 is 0.938 bits per heavy atom. The van der Waals surface area contributed by atoms with Crippen LogP contribution in [0.3, 0.4) is 0 Å². The molecule has 0 unspecified atom stereocenters. The van der Waals surface area contributed by atoms with E-state index in [1.165, 1.54) is 14.7 Å². The van der Waals surface area contributed by atoms with E-state index in [0.29, 0.717) is 23.7 Å². The zero-order chi connectivity index (χ0) is 22.6. The maximum atomic E-state index is 13.6. The molecule has 1 aliphatic rings. The van der Waals surface area contributed by atoms with Gasteiger partial charge in [-0.05, 0) is 50.5 Å². The van der Waals surface area contributed by atoms with Gasteiger partial charge in [-0.25, -0.2) is 4.79 Å². The summed E-state index contributed by atoms with van der Waals surface area (Å²) in [6.45, 7) is 7.84. The number of rotatable bonds is 3. The molecule has 0 aliphatic carbocycles. The van der Waals surface area contributed by atoms with Crippen molar-refractivity contribution in [3.63, 3.8) is 0 Å². The number of aryl methyl sites for hydroxylation is 5. The normalized spacial score (nSPS) is 13.6. The van der Waals surface area contributed by atoms with E-state index in [-0.39, 0.29) is 17.8 Å². The largest absolute Gasteiger partial charge is 0.332 e. The molecule has 7 heteroatoms. The number of benzene rings is 2. The number of hydrogen-bond acceptors (Lipinski definition) is 4. The van der Waals surface area contributed by atoms with Gasteiger partial charge in [0.15, 0.2) is 11.2 Å². The van der Waals surface area contributed by atoms with Crippen LogP contribution in [0.5, 0.6) is 0 Å². The van der Waals surface area contributed by atoms with Crippen molar-refractivity contribution in [2.24, 2.45) is 7.05 Å². The summed E-state index contributed by atoms with van der Waals surface area (Å²) in [5, 5.41) is 0. The lowest BCUT2D eigenvalue weighted by molar-refractivity contribution is 0.597. The summed E-state index contributed by atoms with van der Waals surface area (Å²) in [5.41, 5.74) is 5.66. The molecule has 0 fully saturated rings. The lowest BCUT2D eigenvalue weighted by Gasteiger charge is -2.29. The summed E-state index contributed by atoms with van der Waals surface area (Å²) in [6.07, 6.45) is 0.894. The number of fused-ring (bicyclic) bond motifs is 3. The van der Waals surface area contributed by atoms with Crippen LogP contribution in [0.4, 0.5) is 11.6 Å². The Bertz CT molecular complexity index is 1460. The van der Waals surface area contributed by atoms with E-state index in [4.69, 9.17) is 4.98 Å². The molecule has 0 atom stereocenters. The van der Waals surface area contributed by atoms with Gasteiger partial charge in [-0.2, -0.15) is 4.98 Å². The number of anilines is 2. The van der Waals surface area contributed by atoms with E-state index in [9.17, 15) is 9.59 Å². The van der Waals surface area contributed by atoms with Gasteiger partial charge >= 0.3 is 5.69 Å². The van der Waals surface area contributed by atoms with Gasteiger partial charge in [0.2, 0.25) is 5.95 Å². The monoisotopic (exact) mass is 429 g/mol. The Kier molecular flexibility index (Phi) is 4.77. The van der Waals surface area contributed by atoms with Crippen LogP contribution in [-0.2, 0) is 20.1 Å². The van der Waals surface area contributed by atoms with E-state index < -0.39 is 0 Å². The molecular weight excluding hydrogens is 402 g/mol. The summed E-state index contributed by atoms with van der Waals surface area (Å²) in [6, 6.07) is 14.4. The van der Waals surface area contributed by atoms with Gasteiger partial charge in [0.25, 0.3) is 5.56 Å². The van der Waals surface area contributed by atoms with Gasteiger partial charge in [-0.1, -0.05) is 41.5 Å². The van der Waals surface area contributed by atoms with Crippen LogP contribution in [0.15, 0.2) is 52.1 Å². The zero-order valence-corrected chi connectivity index (χ0v) is 18.9. The summed E-state index contributed by atoms with van der Waals surface area (Å²) in [7, 11) is 1.69.